The third kappa shape index (κ3) is 2.29. The molecule has 4 heteroatoms. The quantitative estimate of drug-likeness (QED) is 0.649. The van der Waals surface area contributed by atoms with Crippen molar-refractivity contribution in [1.29, 1.82) is 0 Å². The molecular weight excluding hydrogens is 352 g/mol. The van der Waals surface area contributed by atoms with E-state index in [0.29, 0.717) is 0 Å². The minimum absolute atomic E-state index is 0.00460. The average molecular weight is 369 g/mol. The van der Waals surface area contributed by atoms with E-state index in [0.717, 1.165) is 39.6 Å². The second kappa shape index (κ2) is 5.24. The Labute approximate surface area is 143 Å². The van der Waals surface area contributed by atoms with Gasteiger partial charge in [-0.1, -0.05) is 28.1 Å². The Morgan fingerprint density at radius 3 is 2.78 bits per heavy atom. The van der Waals surface area contributed by atoms with Gasteiger partial charge in [0, 0.05) is 27.2 Å². The largest absolute Gasteiger partial charge is 0.398 e. The molecule has 0 bridgehead atoms. The van der Waals surface area contributed by atoms with E-state index in [-0.39, 0.29) is 11.8 Å². The first-order valence-electron chi connectivity index (χ1n) is 7.72. The first-order chi connectivity index (χ1) is 11.0. The predicted molar refractivity (Wildman–Crippen MR) is 96.8 cm³/mol. The molecule has 3 nitrogen and oxygen atoms in total. The molecule has 1 aliphatic carbocycles. The van der Waals surface area contributed by atoms with Crippen LogP contribution in [0.5, 0.6) is 0 Å². The van der Waals surface area contributed by atoms with Crippen LogP contribution in [0, 0.1) is 12.8 Å². The fourth-order valence-corrected chi connectivity index (χ4v) is 4.03. The third-order valence-electron chi connectivity index (χ3n) is 4.73. The van der Waals surface area contributed by atoms with Gasteiger partial charge in [-0.25, -0.2) is 0 Å². The minimum Gasteiger partial charge on any atom is -0.398 e. The number of hydrogen-bond donors (Lipinski definition) is 1. The van der Waals surface area contributed by atoms with E-state index in [9.17, 15) is 4.79 Å². The fourth-order valence-electron chi connectivity index (χ4n) is 3.62. The molecule has 23 heavy (non-hydrogen) atoms. The lowest BCUT2D eigenvalue weighted by atomic mass is 10.1. The zero-order chi connectivity index (χ0) is 16.1. The standard InChI is InChI=1S/C19H17BrN2O/c1-11-7-16-17(21)3-2-4-18(16)22(11)19(23)14-8-12-5-6-15(20)10-13(12)9-14/h2-7,10,14H,8-9,21H2,1H3. The summed E-state index contributed by atoms with van der Waals surface area (Å²) < 4.78 is 2.90. The Morgan fingerprint density at radius 2 is 1.96 bits per heavy atom. The van der Waals surface area contributed by atoms with E-state index in [4.69, 9.17) is 5.73 Å². The van der Waals surface area contributed by atoms with Crippen LogP contribution in [0.15, 0.2) is 46.9 Å². The monoisotopic (exact) mass is 368 g/mol. The molecule has 3 aromatic rings. The summed E-state index contributed by atoms with van der Waals surface area (Å²) in [5.41, 5.74) is 11.2. The van der Waals surface area contributed by atoms with Gasteiger partial charge in [0.05, 0.1) is 5.52 Å². The molecule has 0 saturated carbocycles. The highest BCUT2D eigenvalue weighted by atomic mass is 79.9. The number of nitrogens with two attached hydrogens (primary N) is 1. The van der Waals surface area contributed by atoms with E-state index in [1.807, 2.05) is 41.8 Å². The van der Waals surface area contributed by atoms with Crippen LogP contribution in [0.3, 0.4) is 0 Å². The lowest BCUT2D eigenvalue weighted by Crippen LogP contribution is -2.23. The van der Waals surface area contributed by atoms with Gasteiger partial charge in [-0.15, -0.1) is 0 Å². The van der Waals surface area contributed by atoms with E-state index in [1.54, 1.807) is 0 Å². The maximum Gasteiger partial charge on any atom is 0.235 e. The molecule has 0 amide bonds. The van der Waals surface area contributed by atoms with Gasteiger partial charge >= 0.3 is 0 Å². The maximum absolute atomic E-state index is 13.1. The van der Waals surface area contributed by atoms with Crippen molar-refractivity contribution in [2.24, 2.45) is 5.92 Å². The van der Waals surface area contributed by atoms with Gasteiger partial charge in [-0.3, -0.25) is 9.36 Å². The highest BCUT2D eigenvalue weighted by molar-refractivity contribution is 9.10. The number of carbonyl (C=O) groups is 1. The van der Waals surface area contributed by atoms with Crippen molar-refractivity contribution < 1.29 is 4.79 Å². The summed E-state index contributed by atoms with van der Waals surface area (Å²) in [7, 11) is 0. The fraction of sp³-hybridized carbons (Fsp3) is 0.211. The summed E-state index contributed by atoms with van der Waals surface area (Å²) in [6.07, 6.45) is 1.61. The second-order valence-corrected chi connectivity index (χ2v) is 7.17. The van der Waals surface area contributed by atoms with E-state index >= 15 is 0 Å². The molecule has 1 aromatic heterocycles. The van der Waals surface area contributed by atoms with Crippen LogP contribution in [0.25, 0.3) is 10.9 Å². The summed E-state index contributed by atoms with van der Waals surface area (Å²) >= 11 is 3.51. The third-order valence-corrected chi connectivity index (χ3v) is 5.23. The Kier molecular flexibility index (Phi) is 3.31. The number of carbonyl (C=O) groups excluding carboxylic acids is 1. The summed E-state index contributed by atoms with van der Waals surface area (Å²) in [6, 6.07) is 14.0. The van der Waals surface area contributed by atoms with Crippen molar-refractivity contribution in [3.05, 3.63) is 63.8 Å². The number of nitrogens with zero attached hydrogens (tertiary/aromatic N) is 1. The van der Waals surface area contributed by atoms with Gasteiger partial charge in [0.2, 0.25) is 5.91 Å². The minimum atomic E-state index is -0.00460. The van der Waals surface area contributed by atoms with E-state index < -0.39 is 0 Å². The smallest absolute Gasteiger partial charge is 0.235 e. The SMILES string of the molecule is Cc1cc2c(N)cccc2n1C(=O)C1Cc2ccc(Br)cc2C1. The second-order valence-electron chi connectivity index (χ2n) is 6.26. The number of fused-ring (bicyclic) bond motifs is 2. The van der Waals surface area contributed by atoms with Crippen LogP contribution >= 0.6 is 15.9 Å². The Morgan fingerprint density at radius 1 is 1.17 bits per heavy atom. The molecule has 0 aliphatic heterocycles. The Balaban J connectivity index is 1.74. The van der Waals surface area contributed by atoms with E-state index in [2.05, 4.69) is 28.1 Å². The van der Waals surface area contributed by atoms with Crippen molar-refractivity contribution in [1.82, 2.24) is 4.57 Å². The van der Waals surface area contributed by atoms with Gasteiger partial charge in [0.25, 0.3) is 0 Å². The number of benzene rings is 2. The summed E-state index contributed by atoms with van der Waals surface area (Å²) in [5.74, 6) is 0.158. The van der Waals surface area contributed by atoms with Crippen LogP contribution in [0.2, 0.25) is 0 Å². The molecule has 0 fully saturated rings. The lowest BCUT2D eigenvalue weighted by molar-refractivity contribution is 0.0843. The number of nitrogen functional groups attached to an aromatic ring is 1. The molecule has 0 saturated heterocycles. The van der Waals surface area contributed by atoms with Crippen molar-refractivity contribution in [2.75, 3.05) is 5.73 Å². The molecule has 2 aromatic carbocycles. The zero-order valence-electron chi connectivity index (χ0n) is 12.8. The van der Waals surface area contributed by atoms with Crippen LogP contribution < -0.4 is 5.73 Å². The number of anilines is 1. The lowest BCUT2D eigenvalue weighted by Gasteiger charge is -2.12. The predicted octanol–water partition coefficient (Wildman–Crippen LogP) is 4.35. The number of halogens is 1. The number of aromatic nitrogens is 1. The van der Waals surface area contributed by atoms with Gasteiger partial charge in [-0.2, -0.15) is 0 Å². The van der Waals surface area contributed by atoms with E-state index in [1.165, 1.54) is 11.1 Å². The highest BCUT2D eigenvalue weighted by Gasteiger charge is 2.29. The Hall–Kier alpha value is -2.07. The summed E-state index contributed by atoms with van der Waals surface area (Å²) in [4.78, 5) is 13.1. The molecular formula is C19H17BrN2O. The summed E-state index contributed by atoms with van der Waals surface area (Å²) in [6.45, 7) is 1.97. The van der Waals surface area contributed by atoms with Crippen LogP contribution in [-0.4, -0.2) is 10.5 Å². The van der Waals surface area contributed by atoms with Crippen molar-refractivity contribution in [3.8, 4) is 0 Å². The van der Waals surface area contributed by atoms with Crippen molar-refractivity contribution >= 4 is 38.4 Å². The maximum atomic E-state index is 13.1. The van der Waals surface area contributed by atoms with Crippen LogP contribution in [0.1, 0.15) is 21.6 Å². The van der Waals surface area contributed by atoms with Gasteiger partial charge in [0.1, 0.15) is 0 Å². The van der Waals surface area contributed by atoms with Crippen LogP contribution in [-0.2, 0) is 12.8 Å². The molecule has 1 atom stereocenters. The average Bonchev–Trinajstić information content (AvgIpc) is 3.07. The molecule has 2 N–H and O–H groups in total. The normalized spacial score (nSPS) is 16.7. The first kappa shape index (κ1) is 14.5. The molecule has 1 heterocycles. The number of aryl methyl sites for hydroxylation is 1. The molecule has 1 unspecified atom stereocenters. The van der Waals surface area contributed by atoms with Crippen LogP contribution in [0.4, 0.5) is 5.69 Å². The van der Waals surface area contributed by atoms with Gasteiger partial charge in [0.15, 0.2) is 0 Å². The molecule has 0 spiro atoms. The summed E-state index contributed by atoms with van der Waals surface area (Å²) in [5, 5.41) is 0.955. The van der Waals surface area contributed by atoms with Crippen molar-refractivity contribution in [3.63, 3.8) is 0 Å². The molecule has 4 rings (SSSR count). The zero-order valence-corrected chi connectivity index (χ0v) is 14.4. The molecule has 116 valence electrons. The number of rotatable bonds is 1. The Bertz CT molecular complexity index is 942. The number of hydrogen-bond acceptors (Lipinski definition) is 2. The van der Waals surface area contributed by atoms with Crippen molar-refractivity contribution in [2.45, 2.75) is 19.8 Å². The first-order valence-corrected chi connectivity index (χ1v) is 8.52. The topological polar surface area (TPSA) is 48.0 Å². The van der Waals surface area contributed by atoms with Gasteiger partial charge < -0.3 is 5.73 Å². The molecule has 0 radical (unpaired) electrons. The molecule has 1 aliphatic rings. The highest BCUT2D eigenvalue weighted by Crippen LogP contribution is 2.32. The van der Waals surface area contributed by atoms with Gasteiger partial charge in [-0.05, 0) is 61.2 Å².